The molecule has 12 nitrogen and oxygen atoms in total. The number of benzene rings is 3. The van der Waals surface area contributed by atoms with E-state index in [4.69, 9.17) is 9.47 Å². The van der Waals surface area contributed by atoms with Crippen LogP contribution in [0, 0.1) is 17.6 Å². The minimum atomic E-state index is -1.02. The number of hydrogen-bond donors (Lipinski definition) is 1. The molecule has 5 aromatic rings. The molecular formula is C37H42F2N8O4. The van der Waals surface area contributed by atoms with Gasteiger partial charge in [0.05, 0.1) is 37.6 Å². The Morgan fingerprint density at radius 1 is 0.941 bits per heavy atom. The van der Waals surface area contributed by atoms with Gasteiger partial charge < -0.3 is 24.4 Å². The summed E-state index contributed by atoms with van der Waals surface area (Å²) in [5.41, 5.74) is 1.93. The topological polar surface area (TPSA) is 116 Å². The van der Waals surface area contributed by atoms with Crippen molar-refractivity contribution in [1.29, 1.82) is 0 Å². The lowest BCUT2D eigenvalue weighted by atomic mass is 9.87. The molecule has 4 heterocycles. The fourth-order valence-electron chi connectivity index (χ4n) is 7.24. The molecule has 2 aliphatic heterocycles. The van der Waals surface area contributed by atoms with Crippen LogP contribution in [0.5, 0.6) is 5.75 Å². The lowest BCUT2D eigenvalue weighted by Gasteiger charge is -2.37. The summed E-state index contributed by atoms with van der Waals surface area (Å²) in [5, 5.41) is 18.5. The highest BCUT2D eigenvalue weighted by Gasteiger charge is 2.44. The summed E-state index contributed by atoms with van der Waals surface area (Å²) in [6.07, 6.45) is 4.88. The molecule has 268 valence electrons. The third kappa shape index (κ3) is 7.24. The molecule has 0 bridgehead atoms. The van der Waals surface area contributed by atoms with Gasteiger partial charge in [0.25, 0.3) is 0 Å². The van der Waals surface area contributed by atoms with E-state index < -0.39 is 23.3 Å². The molecule has 0 amide bonds. The van der Waals surface area contributed by atoms with Crippen LogP contribution in [0.4, 0.5) is 20.2 Å². The standard InChI is InChI=1S/C37H42F2N8O4/c1-3-35(26(2)48)47-36(49)46(25-42-47)31-7-5-29(6-8-31)43-14-16-44(17-15-43)30-9-11-32(12-10-30)50-20-27-19-37(51-21-27,22-45-24-40-23-41-45)33-13-4-28(38)18-34(33)39/h4-13,18,23-27,35,48H,3,14-17,19-22H2,1-2H3/t26-,27+,35?,37?/m0/s1. The van der Waals surface area contributed by atoms with Gasteiger partial charge in [-0.3, -0.25) is 0 Å². The van der Waals surface area contributed by atoms with E-state index >= 15 is 0 Å². The average Bonchev–Trinajstić information content (AvgIpc) is 3.90. The highest BCUT2D eigenvalue weighted by atomic mass is 19.1. The lowest BCUT2D eigenvalue weighted by Crippen LogP contribution is -2.46. The maximum absolute atomic E-state index is 15.0. The van der Waals surface area contributed by atoms with Crippen LogP contribution in [0.3, 0.4) is 0 Å². The van der Waals surface area contributed by atoms with Crippen molar-refractivity contribution in [1.82, 2.24) is 29.1 Å². The van der Waals surface area contributed by atoms with E-state index in [2.05, 4.69) is 37.1 Å². The molecule has 2 unspecified atom stereocenters. The van der Waals surface area contributed by atoms with E-state index in [1.54, 1.807) is 17.9 Å². The van der Waals surface area contributed by atoms with Gasteiger partial charge in [-0.25, -0.2) is 32.5 Å². The first kappa shape index (κ1) is 34.4. The second-order valence-corrected chi connectivity index (χ2v) is 13.3. The van der Waals surface area contributed by atoms with E-state index in [0.29, 0.717) is 31.6 Å². The third-order valence-corrected chi connectivity index (χ3v) is 9.96. The Bertz CT molecular complexity index is 1960. The Kier molecular flexibility index (Phi) is 9.87. The zero-order valence-corrected chi connectivity index (χ0v) is 28.7. The molecule has 2 aromatic heterocycles. The van der Waals surface area contributed by atoms with Gasteiger partial charge in [0.15, 0.2) is 0 Å². The van der Waals surface area contributed by atoms with Crippen molar-refractivity contribution >= 4 is 11.4 Å². The molecule has 3 aromatic carbocycles. The van der Waals surface area contributed by atoms with Crippen molar-refractivity contribution < 1.29 is 23.4 Å². The molecule has 0 saturated carbocycles. The summed E-state index contributed by atoms with van der Waals surface area (Å²) in [4.78, 5) is 21.7. The van der Waals surface area contributed by atoms with Crippen LogP contribution in [-0.2, 0) is 16.9 Å². The number of halogens is 2. The normalized spacial score (nSPS) is 20.5. The Morgan fingerprint density at radius 2 is 1.61 bits per heavy atom. The van der Waals surface area contributed by atoms with E-state index in [-0.39, 0.29) is 24.2 Å². The van der Waals surface area contributed by atoms with Crippen molar-refractivity contribution in [3.8, 4) is 11.4 Å². The Labute approximate surface area is 294 Å². The first-order chi connectivity index (χ1) is 24.7. The smallest absolute Gasteiger partial charge is 0.350 e. The molecule has 2 saturated heterocycles. The quantitative estimate of drug-likeness (QED) is 0.200. The number of nitrogens with zero attached hydrogens (tertiary/aromatic N) is 8. The van der Waals surface area contributed by atoms with Gasteiger partial charge in [-0.2, -0.15) is 10.2 Å². The third-order valence-electron chi connectivity index (χ3n) is 9.96. The predicted molar refractivity (Wildman–Crippen MR) is 187 cm³/mol. The monoisotopic (exact) mass is 700 g/mol. The number of aliphatic hydroxyl groups is 1. The van der Waals surface area contributed by atoms with Crippen LogP contribution in [-0.4, -0.2) is 79.7 Å². The predicted octanol–water partition coefficient (Wildman–Crippen LogP) is 4.57. The summed E-state index contributed by atoms with van der Waals surface area (Å²) in [7, 11) is 0. The van der Waals surface area contributed by atoms with Crippen LogP contribution >= 0.6 is 0 Å². The Balaban J connectivity index is 0.923. The zero-order chi connectivity index (χ0) is 35.5. The fourth-order valence-corrected chi connectivity index (χ4v) is 7.24. The summed E-state index contributed by atoms with van der Waals surface area (Å²) in [6, 6.07) is 19.2. The zero-order valence-electron chi connectivity index (χ0n) is 28.7. The second kappa shape index (κ2) is 14.6. The molecule has 2 aliphatic rings. The largest absolute Gasteiger partial charge is 0.493 e. The average molecular weight is 701 g/mol. The van der Waals surface area contributed by atoms with Gasteiger partial charge >= 0.3 is 5.69 Å². The van der Waals surface area contributed by atoms with Gasteiger partial charge in [0.1, 0.15) is 42.0 Å². The molecule has 4 atom stereocenters. The minimum absolute atomic E-state index is 0.0121. The highest BCUT2D eigenvalue weighted by Crippen LogP contribution is 2.42. The summed E-state index contributed by atoms with van der Waals surface area (Å²) in [5.74, 6) is -0.563. The maximum atomic E-state index is 15.0. The van der Waals surface area contributed by atoms with Crippen LogP contribution in [0.2, 0.25) is 0 Å². The number of aliphatic hydroxyl groups excluding tert-OH is 1. The number of aromatic nitrogens is 6. The second-order valence-electron chi connectivity index (χ2n) is 13.3. The van der Waals surface area contributed by atoms with Crippen LogP contribution < -0.4 is 20.2 Å². The van der Waals surface area contributed by atoms with Crippen molar-refractivity contribution in [3.05, 3.63) is 113 Å². The molecule has 0 spiro atoms. The first-order valence-corrected chi connectivity index (χ1v) is 17.3. The summed E-state index contributed by atoms with van der Waals surface area (Å²) in [6.45, 7) is 7.97. The number of piperazine rings is 1. The number of hydrogen-bond acceptors (Lipinski definition) is 9. The molecule has 51 heavy (non-hydrogen) atoms. The lowest BCUT2D eigenvalue weighted by molar-refractivity contribution is -0.0206. The first-order valence-electron chi connectivity index (χ1n) is 17.3. The maximum Gasteiger partial charge on any atom is 0.350 e. The fraction of sp³-hybridized carbons (Fsp3) is 0.405. The molecular weight excluding hydrogens is 658 g/mol. The summed E-state index contributed by atoms with van der Waals surface area (Å²) >= 11 is 0. The van der Waals surface area contributed by atoms with Crippen molar-refractivity contribution in [2.75, 3.05) is 49.2 Å². The number of ether oxygens (including phenoxy) is 2. The van der Waals surface area contributed by atoms with E-state index in [1.807, 2.05) is 43.3 Å². The Hall–Kier alpha value is -5.08. The van der Waals surface area contributed by atoms with Gasteiger partial charge in [0.2, 0.25) is 0 Å². The van der Waals surface area contributed by atoms with Gasteiger partial charge in [-0.05, 0) is 74.4 Å². The SMILES string of the molecule is CCC([C@H](C)O)n1ncn(-c2ccc(N3CCN(c4ccc(OC[C@@H]5COC(Cn6cncn6)(c6ccc(F)cc6F)C5)cc4)CC3)cc2)c1=O. The number of anilines is 2. The minimum Gasteiger partial charge on any atom is -0.493 e. The van der Waals surface area contributed by atoms with Crippen molar-refractivity contribution in [3.63, 3.8) is 0 Å². The molecule has 1 N–H and O–H groups in total. The van der Waals surface area contributed by atoms with E-state index in [9.17, 15) is 18.7 Å². The van der Waals surface area contributed by atoms with Crippen molar-refractivity contribution in [2.24, 2.45) is 5.92 Å². The molecule has 0 aliphatic carbocycles. The van der Waals surface area contributed by atoms with Crippen LogP contribution in [0.1, 0.15) is 38.3 Å². The molecule has 7 rings (SSSR count). The molecule has 14 heteroatoms. The van der Waals surface area contributed by atoms with Gasteiger partial charge in [0, 0.05) is 55.1 Å². The number of rotatable bonds is 12. The van der Waals surface area contributed by atoms with E-state index in [0.717, 1.165) is 55.1 Å². The Morgan fingerprint density at radius 3 is 2.22 bits per heavy atom. The molecule has 2 fully saturated rings. The molecule has 0 radical (unpaired) electrons. The summed E-state index contributed by atoms with van der Waals surface area (Å²) < 4.78 is 45.6. The van der Waals surface area contributed by atoms with Crippen LogP contribution in [0.15, 0.2) is 90.5 Å². The van der Waals surface area contributed by atoms with E-state index in [1.165, 1.54) is 34.0 Å². The van der Waals surface area contributed by atoms with Gasteiger partial charge in [-0.15, -0.1) is 0 Å². The van der Waals surface area contributed by atoms with Crippen LogP contribution in [0.25, 0.3) is 5.69 Å². The van der Waals surface area contributed by atoms with Gasteiger partial charge in [-0.1, -0.05) is 13.0 Å². The van der Waals surface area contributed by atoms with Crippen molar-refractivity contribution in [2.45, 2.75) is 51.0 Å². The highest BCUT2D eigenvalue weighted by molar-refractivity contribution is 5.54.